The van der Waals surface area contributed by atoms with Crippen molar-refractivity contribution < 1.29 is 4.39 Å². The Morgan fingerprint density at radius 1 is 1.29 bits per heavy atom. The van der Waals surface area contributed by atoms with Crippen molar-refractivity contribution in [2.45, 2.75) is 40.3 Å². The highest BCUT2D eigenvalue weighted by molar-refractivity contribution is 5.57. The molecule has 0 aliphatic carbocycles. The van der Waals surface area contributed by atoms with Crippen LogP contribution in [0.25, 0.3) is 11.4 Å². The summed E-state index contributed by atoms with van der Waals surface area (Å²) in [6.07, 6.45) is 0. The summed E-state index contributed by atoms with van der Waals surface area (Å²) in [7, 11) is 0. The first-order valence-corrected chi connectivity index (χ1v) is 7.31. The zero-order chi connectivity index (χ0) is 15.2. The van der Waals surface area contributed by atoms with Crippen LogP contribution >= 0.6 is 0 Å². The van der Waals surface area contributed by atoms with Gasteiger partial charge in [-0.05, 0) is 24.5 Å². The van der Waals surface area contributed by atoms with Crippen molar-refractivity contribution in [3.8, 4) is 11.4 Å². The van der Waals surface area contributed by atoms with Crippen LogP contribution in [-0.4, -0.2) is 21.3 Å². The van der Waals surface area contributed by atoms with Gasteiger partial charge in [-0.25, -0.2) is 4.39 Å². The molecule has 1 atom stereocenters. The van der Waals surface area contributed by atoms with Crippen LogP contribution in [0, 0.1) is 18.2 Å². The van der Waals surface area contributed by atoms with E-state index in [2.05, 4.69) is 36.3 Å². The van der Waals surface area contributed by atoms with Crippen LogP contribution in [0.4, 0.5) is 4.39 Å². The first-order chi connectivity index (χ1) is 9.88. The molecule has 1 aromatic carbocycles. The summed E-state index contributed by atoms with van der Waals surface area (Å²) in [4.78, 5) is 0. The van der Waals surface area contributed by atoms with E-state index in [1.165, 1.54) is 6.07 Å². The summed E-state index contributed by atoms with van der Waals surface area (Å²) in [5.41, 5.74) is 1.58. The Morgan fingerprint density at radius 3 is 2.76 bits per heavy atom. The Bertz CT molecular complexity index is 669. The van der Waals surface area contributed by atoms with Gasteiger partial charge in [0.1, 0.15) is 5.82 Å². The van der Waals surface area contributed by atoms with Gasteiger partial charge in [0.2, 0.25) is 0 Å². The van der Waals surface area contributed by atoms with Gasteiger partial charge in [0.25, 0.3) is 0 Å². The van der Waals surface area contributed by atoms with Crippen molar-refractivity contribution >= 4 is 0 Å². The lowest BCUT2D eigenvalue weighted by atomic mass is 9.85. The quantitative estimate of drug-likeness (QED) is 0.877. The summed E-state index contributed by atoms with van der Waals surface area (Å²) in [5, 5.41) is 12.1. The second kappa shape index (κ2) is 4.91. The lowest BCUT2D eigenvalue weighted by Crippen LogP contribution is -2.40. The minimum absolute atomic E-state index is 0.0353. The number of fused-ring (bicyclic) bond motifs is 1. The fourth-order valence-electron chi connectivity index (χ4n) is 2.86. The maximum Gasteiger partial charge on any atom is 0.167 e. The molecular formula is C16H21FN4. The van der Waals surface area contributed by atoms with Crippen LogP contribution < -0.4 is 5.32 Å². The van der Waals surface area contributed by atoms with Crippen LogP contribution in [0.5, 0.6) is 0 Å². The van der Waals surface area contributed by atoms with E-state index < -0.39 is 0 Å². The molecule has 1 aliphatic rings. The lowest BCUT2D eigenvalue weighted by Gasteiger charge is -2.34. The predicted molar refractivity (Wildman–Crippen MR) is 80.4 cm³/mol. The van der Waals surface area contributed by atoms with E-state index in [9.17, 15) is 4.39 Å². The highest BCUT2D eigenvalue weighted by Crippen LogP contribution is 2.35. The molecule has 0 spiro atoms. The molecule has 1 aromatic heterocycles. The number of aromatic nitrogens is 3. The van der Waals surface area contributed by atoms with Gasteiger partial charge in [-0.15, -0.1) is 10.2 Å². The summed E-state index contributed by atoms with van der Waals surface area (Å²) in [5.74, 6) is 1.27. The van der Waals surface area contributed by atoms with Crippen LogP contribution in [0.15, 0.2) is 18.2 Å². The largest absolute Gasteiger partial charge is 0.308 e. The van der Waals surface area contributed by atoms with E-state index in [-0.39, 0.29) is 17.3 Å². The van der Waals surface area contributed by atoms with E-state index in [1.807, 2.05) is 17.6 Å². The van der Waals surface area contributed by atoms with Crippen molar-refractivity contribution in [1.82, 2.24) is 20.1 Å². The number of hydrogen-bond donors (Lipinski definition) is 1. The molecule has 0 saturated carbocycles. The molecule has 112 valence electrons. The summed E-state index contributed by atoms with van der Waals surface area (Å²) < 4.78 is 16.2. The van der Waals surface area contributed by atoms with E-state index in [1.54, 1.807) is 6.07 Å². The molecule has 0 amide bonds. The van der Waals surface area contributed by atoms with Crippen LogP contribution in [0.2, 0.25) is 0 Å². The average molecular weight is 288 g/mol. The minimum Gasteiger partial charge on any atom is -0.308 e. The maximum absolute atomic E-state index is 14.1. The molecule has 21 heavy (non-hydrogen) atoms. The SMILES string of the molecule is Cc1ccc(F)c(-c2nnc3n2CCNC3C(C)(C)C)c1. The van der Waals surface area contributed by atoms with Gasteiger partial charge < -0.3 is 9.88 Å². The zero-order valence-electron chi connectivity index (χ0n) is 12.9. The van der Waals surface area contributed by atoms with E-state index in [0.717, 1.165) is 24.5 Å². The number of hydrogen-bond acceptors (Lipinski definition) is 3. The zero-order valence-corrected chi connectivity index (χ0v) is 12.9. The Labute approximate surface area is 124 Å². The molecule has 2 aromatic rings. The van der Waals surface area contributed by atoms with Crippen molar-refractivity contribution in [3.63, 3.8) is 0 Å². The van der Waals surface area contributed by atoms with E-state index >= 15 is 0 Å². The molecule has 5 heteroatoms. The minimum atomic E-state index is -0.248. The highest BCUT2D eigenvalue weighted by atomic mass is 19.1. The molecule has 0 bridgehead atoms. The molecule has 4 nitrogen and oxygen atoms in total. The standard InChI is InChI=1S/C16H21FN4/c1-10-5-6-12(17)11(9-10)14-19-20-15-13(16(2,3)4)18-7-8-21(14)15/h5-6,9,13,18H,7-8H2,1-4H3. The van der Waals surface area contributed by atoms with Crippen molar-refractivity contribution in [2.75, 3.05) is 6.54 Å². The van der Waals surface area contributed by atoms with Gasteiger partial charge in [-0.3, -0.25) is 0 Å². The van der Waals surface area contributed by atoms with Crippen molar-refractivity contribution in [2.24, 2.45) is 5.41 Å². The highest BCUT2D eigenvalue weighted by Gasteiger charge is 2.34. The van der Waals surface area contributed by atoms with Gasteiger partial charge in [0.15, 0.2) is 11.6 Å². The number of benzene rings is 1. The molecule has 0 fully saturated rings. The van der Waals surface area contributed by atoms with E-state index in [0.29, 0.717) is 11.4 Å². The smallest absolute Gasteiger partial charge is 0.167 e. The molecule has 1 unspecified atom stereocenters. The molecular weight excluding hydrogens is 267 g/mol. The fraction of sp³-hybridized carbons (Fsp3) is 0.500. The summed E-state index contributed by atoms with van der Waals surface area (Å²) in [6, 6.07) is 5.22. The molecule has 1 N–H and O–H groups in total. The molecule has 1 aliphatic heterocycles. The average Bonchev–Trinajstić information content (AvgIpc) is 2.84. The van der Waals surface area contributed by atoms with Gasteiger partial charge >= 0.3 is 0 Å². The first-order valence-electron chi connectivity index (χ1n) is 7.31. The number of rotatable bonds is 1. The molecule has 2 heterocycles. The molecule has 3 rings (SSSR count). The van der Waals surface area contributed by atoms with Crippen molar-refractivity contribution in [3.05, 3.63) is 35.4 Å². The third kappa shape index (κ3) is 2.46. The topological polar surface area (TPSA) is 42.7 Å². The first kappa shape index (κ1) is 14.2. The third-order valence-electron chi connectivity index (χ3n) is 3.95. The van der Waals surface area contributed by atoms with Crippen molar-refractivity contribution in [1.29, 1.82) is 0 Å². The Kier molecular flexibility index (Phi) is 3.32. The van der Waals surface area contributed by atoms with E-state index in [4.69, 9.17) is 0 Å². The number of nitrogens with one attached hydrogen (secondary N) is 1. The van der Waals surface area contributed by atoms with Crippen LogP contribution in [-0.2, 0) is 6.54 Å². The fourth-order valence-corrected chi connectivity index (χ4v) is 2.86. The van der Waals surface area contributed by atoms with Gasteiger partial charge in [-0.2, -0.15) is 0 Å². The predicted octanol–water partition coefficient (Wildman–Crippen LogP) is 3.08. The number of aryl methyl sites for hydroxylation is 1. The Hall–Kier alpha value is -1.75. The molecule has 0 radical (unpaired) electrons. The number of halogens is 1. The third-order valence-corrected chi connectivity index (χ3v) is 3.95. The Balaban J connectivity index is 2.12. The summed E-state index contributed by atoms with van der Waals surface area (Å²) in [6.45, 7) is 10.1. The second-order valence-corrected chi connectivity index (χ2v) is 6.77. The number of nitrogens with zero attached hydrogens (tertiary/aromatic N) is 3. The molecule has 0 saturated heterocycles. The maximum atomic E-state index is 14.1. The monoisotopic (exact) mass is 288 g/mol. The van der Waals surface area contributed by atoms with Gasteiger partial charge in [0, 0.05) is 13.1 Å². The lowest BCUT2D eigenvalue weighted by molar-refractivity contribution is 0.234. The Morgan fingerprint density at radius 2 is 2.05 bits per heavy atom. The normalized spacial score (nSPS) is 18.6. The van der Waals surface area contributed by atoms with Gasteiger partial charge in [0.05, 0.1) is 11.6 Å². The van der Waals surface area contributed by atoms with Crippen LogP contribution in [0.3, 0.4) is 0 Å². The summed E-state index contributed by atoms with van der Waals surface area (Å²) >= 11 is 0. The van der Waals surface area contributed by atoms with Crippen LogP contribution in [0.1, 0.15) is 38.2 Å². The second-order valence-electron chi connectivity index (χ2n) is 6.77. The van der Waals surface area contributed by atoms with Gasteiger partial charge in [-0.1, -0.05) is 32.4 Å².